The summed E-state index contributed by atoms with van der Waals surface area (Å²) < 4.78 is 0. The molecule has 0 amide bonds. The molecule has 0 fully saturated rings. The molecule has 0 spiro atoms. The number of rotatable bonds is 2. The lowest BCUT2D eigenvalue weighted by Gasteiger charge is -2.24. The highest BCUT2D eigenvalue weighted by Gasteiger charge is 2.18. The van der Waals surface area contributed by atoms with Crippen LogP contribution in [0.3, 0.4) is 0 Å². The van der Waals surface area contributed by atoms with Crippen LogP contribution < -0.4 is 5.32 Å². The van der Waals surface area contributed by atoms with Crippen LogP contribution in [0.4, 0.5) is 11.4 Å². The Hall–Kier alpha value is -1.76. The fourth-order valence-electron chi connectivity index (χ4n) is 2.47. The topological polar surface area (TPSA) is 12.0 Å². The van der Waals surface area contributed by atoms with Gasteiger partial charge in [0.05, 0.1) is 0 Å². The number of anilines is 2. The Kier molecular flexibility index (Phi) is 4.13. The lowest BCUT2D eigenvalue weighted by Crippen LogP contribution is -2.14. The summed E-state index contributed by atoms with van der Waals surface area (Å²) in [5.74, 6) is 0. The molecule has 0 atom stereocenters. The third-order valence-electron chi connectivity index (χ3n) is 3.74. The van der Waals surface area contributed by atoms with Gasteiger partial charge in [0, 0.05) is 11.4 Å². The van der Waals surface area contributed by atoms with Crippen molar-refractivity contribution in [2.24, 2.45) is 0 Å². The molecule has 21 heavy (non-hydrogen) atoms. The highest BCUT2D eigenvalue weighted by Crippen LogP contribution is 2.32. The Labute approximate surface area is 129 Å². The van der Waals surface area contributed by atoms with Crippen molar-refractivity contribution in [1.29, 1.82) is 0 Å². The zero-order valence-corrected chi connectivity index (χ0v) is 14.1. The van der Waals surface area contributed by atoms with E-state index in [0.717, 1.165) is 5.69 Å². The van der Waals surface area contributed by atoms with Gasteiger partial charge in [-0.15, -0.1) is 0 Å². The van der Waals surface area contributed by atoms with Gasteiger partial charge in [0.25, 0.3) is 0 Å². The molecule has 2 aromatic rings. The summed E-state index contributed by atoms with van der Waals surface area (Å²) in [6.07, 6.45) is 0. The SMILES string of the molecule is CC(C)(C)c1cccc(Nc2ccccc2C(C)(C)C)c1. The average molecular weight is 281 g/mol. The van der Waals surface area contributed by atoms with E-state index < -0.39 is 0 Å². The van der Waals surface area contributed by atoms with E-state index in [9.17, 15) is 0 Å². The minimum atomic E-state index is 0.130. The van der Waals surface area contributed by atoms with E-state index in [2.05, 4.69) is 95.4 Å². The van der Waals surface area contributed by atoms with Gasteiger partial charge in [0.1, 0.15) is 0 Å². The van der Waals surface area contributed by atoms with Crippen molar-refractivity contribution in [3.63, 3.8) is 0 Å². The van der Waals surface area contributed by atoms with Crippen molar-refractivity contribution >= 4 is 11.4 Å². The summed E-state index contributed by atoms with van der Waals surface area (Å²) in [6, 6.07) is 17.3. The van der Waals surface area contributed by atoms with E-state index in [4.69, 9.17) is 0 Å². The molecule has 1 heteroatoms. The first kappa shape index (κ1) is 15.6. The maximum Gasteiger partial charge on any atom is 0.0422 e. The third kappa shape index (κ3) is 3.87. The van der Waals surface area contributed by atoms with Gasteiger partial charge in [0.2, 0.25) is 0 Å². The van der Waals surface area contributed by atoms with Crippen LogP contribution in [0.25, 0.3) is 0 Å². The fourth-order valence-corrected chi connectivity index (χ4v) is 2.47. The lowest BCUT2D eigenvalue weighted by molar-refractivity contribution is 0.590. The van der Waals surface area contributed by atoms with Crippen molar-refractivity contribution in [2.45, 2.75) is 52.4 Å². The fraction of sp³-hybridized carbons (Fsp3) is 0.400. The summed E-state index contributed by atoms with van der Waals surface area (Å²) in [6.45, 7) is 13.5. The Bertz CT molecular complexity index is 612. The van der Waals surface area contributed by atoms with Crippen LogP contribution in [0, 0.1) is 0 Å². The molecule has 0 aliphatic heterocycles. The quantitative estimate of drug-likeness (QED) is 0.709. The van der Waals surface area contributed by atoms with Crippen LogP contribution >= 0.6 is 0 Å². The summed E-state index contributed by atoms with van der Waals surface area (Å²) in [4.78, 5) is 0. The summed E-state index contributed by atoms with van der Waals surface area (Å²) >= 11 is 0. The second-order valence-electron chi connectivity index (χ2n) is 7.75. The van der Waals surface area contributed by atoms with Crippen molar-refractivity contribution in [3.05, 3.63) is 59.7 Å². The van der Waals surface area contributed by atoms with Crippen molar-refractivity contribution in [2.75, 3.05) is 5.32 Å². The Morgan fingerprint density at radius 2 is 1.38 bits per heavy atom. The number of nitrogens with one attached hydrogen (secondary N) is 1. The molecule has 2 aromatic carbocycles. The zero-order valence-electron chi connectivity index (χ0n) is 14.1. The van der Waals surface area contributed by atoms with E-state index in [0.29, 0.717) is 0 Å². The first-order valence-electron chi connectivity index (χ1n) is 7.65. The number of hydrogen-bond donors (Lipinski definition) is 1. The monoisotopic (exact) mass is 281 g/mol. The number of para-hydroxylation sites is 1. The Morgan fingerprint density at radius 1 is 0.714 bits per heavy atom. The molecule has 0 bridgehead atoms. The average Bonchev–Trinajstić information content (AvgIpc) is 2.37. The largest absolute Gasteiger partial charge is 0.355 e. The van der Waals surface area contributed by atoms with Crippen LogP contribution in [-0.2, 0) is 10.8 Å². The molecule has 0 saturated carbocycles. The van der Waals surface area contributed by atoms with Crippen LogP contribution in [0.1, 0.15) is 52.7 Å². The maximum absolute atomic E-state index is 3.59. The first-order chi connectivity index (χ1) is 9.68. The van der Waals surface area contributed by atoms with E-state index in [-0.39, 0.29) is 10.8 Å². The molecule has 1 nitrogen and oxygen atoms in total. The Balaban J connectivity index is 2.36. The lowest BCUT2D eigenvalue weighted by atomic mass is 9.85. The van der Waals surface area contributed by atoms with Crippen molar-refractivity contribution < 1.29 is 0 Å². The first-order valence-corrected chi connectivity index (χ1v) is 7.65. The molecule has 0 radical (unpaired) electrons. The molecule has 112 valence electrons. The molecule has 0 saturated heterocycles. The van der Waals surface area contributed by atoms with E-state index in [1.54, 1.807) is 0 Å². The van der Waals surface area contributed by atoms with E-state index in [1.165, 1.54) is 16.8 Å². The highest BCUT2D eigenvalue weighted by molar-refractivity contribution is 5.65. The molecule has 2 rings (SSSR count). The maximum atomic E-state index is 3.59. The normalized spacial score (nSPS) is 12.3. The molecular weight excluding hydrogens is 254 g/mol. The second kappa shape index (κ2) is 5.55. The standard InChI is InChI=1S/C20H27N/c1-19(2,3)15-10-9-11-16(14-15)21-18-13-8-7-12-17(18)20(4,5)6/h7-14,21H,1-6H3. The second-order valence-corrected chi connectivity index (χ2v) is 7.75. The van der Waals surface area contributed by atoms with Gasteiger partial charge in [-0.2, -0.15) is 0 Å². The van der Waals surface area contributed by atoms with Crippen LogP contribution in [-0.4, -0.2) is 0 Å². The molecule has 0 aliphatic rings. The minimum absolute atomic E-state index is 0.130. The zero-order chi connectivity index (χ0) is 15.7. The predicted molar refractivity (Wildman–Crippen MR) is 93.6 cm³/mol. The van der Waals surface area contributed by atoms with Crippen LogP contribution in [0.2, 0.25) is 0 Å². The van der Waals surface area contributed by atoms with Gasteiger partial charge < -0.3 is 5.32 Å². The molecule has 0 heterocycles. The molecule has 0 aliphatic carbocycles. The highest BCUT2D eigenvalue weighted by atomic mass is 14.9. The van der Waals surface area contributed by atoms with Gasteiger partial charge in [-0.1, -0.05) is 71.9 Å². The molecule has 0 aromatic heterocycles. The molecule has 1 N–H and O–H groups in total. The number of hydrogen-bond acceptors (Lipinski definition) is 1. The summed E-state index contributed by atoms with van der Waals surface area (Å²) in [5.41, 5.74) is 5.33. The van der Waals surface area contributed by atoms with Gasteiger partial charge in [-0.25, -0.2) is 0 Å². The summed E-state index contributed by atoms with van der Waals surface area (Å²) in [7, 11) is 0. The van der Waals surface area contributed by atoms with E-state index >= 15 is 0 Å². The Morgan fingerprint density at radius 3 is 2.00 bits per heavy atom. The summed E-state index contributed by atoms with van der Waals surface area (Å²) in [5, 5.41) is 3.59. The van der Waals surface area contributed by atoms with Crippen LogP contribution in [0.15, 0.2) is 48.5 Å². The molecular formula is C20H27N. The smallest absolute Gasteiger partial charge is 0.0422 e. The molecule has 0 unspecified atom stereocenters. The van der Waals surface area contributed by atoms with Crippen LogP contribution in [0.5, 0.6) is 0 Å². The van der Waals surface area contributed by atoms with Gasteiger partial charge >= 0.3 is 0 Å². The predicted octanol–water partition coefficient (Wildman–Crippen LogP) is 6.03. The number of benzene rings is 2. The third-order valence-corrected chi connectivity index (χ3v) is 3.74. The van der Waals surface area contributed by atoms with Gasteiger partial charge in [-0.3, -0.25) is 0 Å². The van der Waals surface area contributed by atoms with Gasteiger partial charge in [-0.05, 0) is 40.2 Å². The van der Waals surface area contributed by atoms with Crippen molar-refractivity contribution in [3.8, 4) is 0 Å². The minimum Gasteiger partial charge on any atom is -0.355 e. The van der Waals surface area contributed by atoms with Crippen molar-refractivity contribution in [1.82, 2.24) is 0 Å². The van der Waals surface area contributed by atoms with Gasteiger partial charge in [0.15, 0.2) is 0 Å². The van der Waals surface area contributed by atoms with E-state index in [1.807, 2.05) is 0 Å².